The average Bonchev–Trinajstić information content (AvgIpc) is 0.811. The van der Waals surface area contributed by atoms with Crippen molar-refractivity contribution in [1.82, 2.24) is 0 Å². The summed E-state index contributed by atoms with van der Waals surface area (Å²) >= 11 is 3.33. The second-order valence-corrected chi connectivity index (χ2v) is 1.15. The van der Waals surface area contributed by atoms with E-state index in [1.54, 1.807) is 0 Å². The van der Waals surface area contributed by atoms with Gasteiger partial charge in [0.2, 0.25) is 0 Å². The standard InChI is InChI=1S/C2H4OS.H4Si/c1-2(3)4;/h1H3,(H,3,4);1H4. The minimum absolute atomic E-state index is 0. The van der Waals surface area contributed by atoms with Crippen molar-refractivity contribution in [2.75, 3.05) is 0 Å². The lowest BCUT2D eigenvalue weighted by Gasteiger charge is -1.55. The van der Waals surface area contributed by atoms with Crippen molar-refractivity contribution in [2.24, 2.45) is 0 Å². The fourth-order valence-corrected chi connectivity index (χ4v) is 0. The lowest BCUT2D eigenvalue weighted by Crippen LogP contribution is -1.62. The van der Waals surface area contributed by atoms with E-state index < -0.39 is 0 Å². The Kier molecular flexibility index (Phi) is 7.60. The first-order chi connectivity index (χ1) is 1.73. The summed E-state index contributed by atoms with van der Waals surface area (Å²) in [4.78, 5) is 9.31. The first-order valence-electron chi connectivity index (χ1n) is 0.928. The summed E-state index contributed by atoms with van der Waals surface area (Å²) in [7, 11) is 0. The zero-order valence-electron chi connectivity index (χ0n) is 2.36. The minimum atomic E-state index is -0.139. The topological polar surface area (TPSA) is 17.1 Å². The lowest BCUT2D eigenvalue weighted by atomic mass is 10.9. The van der Waals surface area contributed by atoms with Gasteiger partial charge in [0.25, 0.3) is 0 Å². The molecule has 32 valence electrons. The van der Waals surface area contributed by atoms with Crippen LogP contribution in [0, 0.1) is 0 Å². The number of hydrogen-bond acceptors (Lipinski definition) is 1. The molecule has 3 heteroatoms. The van der Waals surface area contributed by atoms with E-state index in [1.165, 1.54) is 6.92 Å². The molecule has 0 aromatic carbocycles. The smallest absolute Gasteiger partial charge is 0.182 e. The fraction of sp³-hybridized carbons (Fsp3) is 0.500. The Labute approximate surface area is 41.2 Å². The van der Waals surface area contributed by atoms with Crippen molar-refractivity contribution < 1.29 is 4.79 Å². The van der Waals surface area contributed by atoms with Gasteiger partial charge in [0.1, 0.15) is 0 Å². The van der Waals surface area contributed by atoms with Crippen LogP contribution < -0.4 is 0 Å². The van der Waals surface area contributed by atoms with Gasteiger partial charge in [-0.15, -0.1) is 12.6 Å². The van der Waals surface area contributed by atoms with Crippen molar-refractivity contribution >= 4 is 28.7 Å². The molecule has 0 aromatic rings. The molecule has 0 radical (unpaired) electrons. The Morgan fingerprint density at radius 3 is 1.80 bits per heavy atom. The van der Waals surface area contributed by atoms with Crippen LogP contribution >= 0.6 is 12.6 Å². The summed E-state index contributed by atoms with van der Waals surface area (Å²) in [6, 6.07) is 0. The Bertz CT molecular complexity index is 32.6. The normalized spacial score (nSPS) is 5.20. The summed E-state index contributed by atoms with van der Waals surface area (Å²) in [5.74, 6) is 0. The van der Waals surface area contributed by atoms with Gasteiger partial charge in [-0.05, 0) is 11.0 Å². The third kappa shape index (κ3) is 378. The maximum Gasteiger partial charge on any atom is 0.182 e. The summed E-state index contributed by atoms with van der Waals surface area (Å²) in [5, 5.41) is -0.139. The fourth-order valence-electron chi connectivity index (χ4n) is 0. The molecule has 0 heterocycles. The molecule has 0 N–H and O–H groups in total. The quantitative estimate of drug-likeness (QED) is 0.311. The Morgan fingerprint density at radius 1 is 1.80 bits per heavy atom. The molecule has 5 heavy (non-hydrogen) atoms. The molecule has 0 aliphatic rings. The van der Waals surface area contributed by atoms with Gasteiger partial charge in [0, 0.05) is 6.92 Å². The van der Waals surface area contributed by atoms with Crippen LogP contribution in [0.3, 0.4) is 0 Å². The average molecular weight is 108 g/mol. The Hall–Kier alpha value is 0.237. The highest BCUT2D eigenvalue weighted by Gasteiger charge is 1.63. The third-order valence-corrected chi connectivity index (χ3v) is 0. The summed E-state index contributed by atoms with van der Waals surface area (Å²) in [6.07, 6.45) is 0. The third-order valence-electron chi connectivity index (χ3n) is 0. The molecule has 0 unspecified atom stereocenters. The highest BCUT2D eigenvalue weighted by Crippen LogP contribution is 1.66. The van der Waals surface area contributed by atoms with E-state index in [0.29, 0.717) is 0 Å². The van der Waals surface area contributed by atoms with E-state index in [-0.39, 0.29) is 16.1 Å². The van der Waals surface area contributed by atoms with Crippen LogP contribution in [0.1, 0.15) is 6.92 Å². The predicted octanol–water partition coefficient (Wildman–Crippen LogP) is -0.989. The van der Waals surface area contributed by atoms with E-state index in [4.69, 9.17) is 0 Å². The molecule has 0 rings (SSSR count). The molecule has 0 fully saturated rings. The number of thiol groups is 1. The van der Waals surface area contributed by atoms with Crippen LogP contribution in [-0.4, -0.2) is 16.1 Å². The van der Waals surface area contributed by atoms with Crippen LogP contribution in [0.5, 0.6) is 0 Å². The van der Waals surface area contributed by atoms with E-state index in [2.05, 4.69) is 12.6 Å². The highest BCUT2D eigenvalue weighted by molar-refractivity contribution is 7.96. The lowest BCUT2D eigenvalue weighted by molar-refractivity contribution is -0.108. The summed E-state index contributed by atoms with van der Waals surface area (Å²) in [6.45, 7) is 1.39. The molecular weight excluding hydrogens is 100 g/mol. The second kappa shape index (κ2) is 4.24. The Balaban J connectivity index is 0. The minimum Gasteiger partial charge on any atom is -0.288 e. The van der Waals surface area contributed by atoms with E-state index in [0.717, 1.165) is 0 Å². The molecule has 0 atom stereocenters. The molecule has 0 saturated carbocycles. The monoisotopic (exact) mass is 108 g/mol. The van der Waals surface area contributed by atoms with Crippen molar-refractivity contribution in [3.8, 4) is 0 Å². The SMILES string of the molecule is CC(=O)S.[SiH4]. The van der Waals surface area contributed by atoms with Crippen molar-refractivity contribution in [3.05, 3.63) is 0 Å². The van der Waals surface area contributed by atoms with Crippen molar-refractivity contribution in [1.29, 1.82) is 0 Å². The van der Waals surface area contributed by atoms with Gasteiger partial charge < -0.3 is 0 Å². The molecule has 0 aromatic heterocycles. The number of hydrogen-bond donors (Lipinski definition) is 1. The molecule has 1 nitrogen and oxygen atoms in total. The van der Waals surface area contributed by atoms with Crippen LogP contribution in [0.2, 0.25) is 0 Å². The number of rotatable bonds is 0. The molecule has 0 saturated heterocycles. The van der Waals surface area contributed by atoms with Gasteiger partial charge in [0.15, 0.2) is 5.12 Å². The van der Waals surface area contributed by atoms with Crippen LogP contribution in [-0.2, 0) is 4.79 Å². The van der Waals surface area contributed by atoms with Crippen LogP contribution in [0.25, 0.3) is 0 Å². The Morgan fingerprint density at radius 2 is 1.80 bits per heavy atom. The molecule has 0 spiro atoms. The maximum atomic E-state index is 9.31. The summed E-state index contributed by atoms with van der Waals surface area (Å²) in [5.41, 5.74) is 0. The molecule has 0 aliphatic heterocycles. The summed E-state index contributed by atoms with van der Waals surface area (Å²) < 4.78 is 0. The van der Waals surface area contributed by atoms with E-state index in [1.807, 2.05) is 0 Å². The van der Waals surface area contributed by atoms with E-state index >= 15 is 0 Å². The van der Waals surface area contributed by atoms with Gasteiger partial charge in [-0.3, -0.25) is 4.79 Å². The second-order valence-electron chi connectivity index (χ2n) is 0.519. The van der Waals surface area contributed by atoms with Gasteiger partial charge >= 0.3 is 0 Å². The first kappa shape index (κ1) is 8.97. The zero-order valence-corrected chi connectivity index (χ0v) is 3.25. The zero-order chi connectivity index (χ0) is 3.58. The molecular formula is C2H8OSSi. The molecule has 0 aliphatic carbocycles. The van der Waals surface area contributed by atoms with E-state index in [9.17, 15) is 4.79 Å². The van der Waals surface area contributed by atoms with Crippen LogP contribution in [0.4, 0.5) is 0 Å². The maximum absolute atomic E-state index is 9.31. The largest absolute Gasteiger partial charge is 0.288 e. The van der Waals surface area contributed by atoms with Gasteiger partial charge in [-0.25, -0.2) is 0 Å². The van der Waals surface area contributed by atoms with Crippen LogP contribution in [0.15, 0.2) is 0 Å². The van der Waals surface area contributed by atoms with Gasteiger partial charge in [-0.1, -0.05) is 0 Å². The predicted molar refractivity (Wildman–Crippen MR) is 31.0 cm³/mol. The first-order valence-corrected chi connectivity index (χ1v) is 1.37. The highest BCUT2D eigenvalue weighted by atomic mass is 32.1. The van der Waals surface area contributed by atoms with Gasteiger partial charge in [-0.2, -0.15) is 0 Å². The van der Waals surface area contributed by atoms with Crippen molar-refractivity contribution in [2.45, 2.75) is 6.92 Å². The van der Waals surface area contributed by atoms with Crippen molar-refractivity contribution in [3.63, 3.8) is 0 Å². The number of carbonyl (C=O) groups excluding carboxylic acids is 1. The molecule has 0 bridgehead atoms. The van der Waals surface area contributed by atoms with Gasteiger partial charge in [0.05, 0.1) is 0 Å². The number of carbonyl (C=O) groups is 1. The molecule has 0 amide bonds.